The third-order valence-electron chi connectivity index (χ3n) is 4.40. The molecule has 0 saturated carbocycles. The number of aromatic nitrogens is 2. The lowest BCUT2D eigenvalue weighted by Crippen LogP contribution is -2.41. The van der Waals surface area contributed by atoms with Gasteiger partial charge in [-0.1, -0.05) is 24.3 Å². The van der Waals surface area contributed by atoms with E-state index in [1.54, 1.807) is 0 Å². The third-order valence-corrected chi connectivity index (χ3v) is 4.40. The van der Waals surface area contributed by atoms with Crippen LogP contribution in [0.2, 0.25) is 0 Å². The van der Waals surface area contributed by atoms with Gasteiger partial charge >= 0.3 is 6.03 Å². The molecular weight excluding hydrogens is 316 g/mol. The molecule has 0 saturated heterocycles. The van der Waals surface area contributed by atoms with E-state index in [1.165, 1.54) is 0 Å². The number of pyridine rings is 1. The largest absolute Gasteiger partial charge is 0.488 e. The summed E-state index contributed by atoms with van der Waals surface area (Å²) in [6.45, 7) is 2.49. The summed E-state index contributed by atoms with van der Waals surface area (Å²) < 4.78 is 7.75. The molecule has 4 rings (SSSR count). The minimum atomic E-state index is -0.194. The molecule has 6 heteroatoms. The molecule has 0 spiro atoms. The normalized spacial score (nSPS) is 18.6. The molecule has 2 atom stereocenters. The SMILES string of the molecule is CC1Oc2ccccc2C1NC(=O)NCCc1cn2ccccc2n1. The second-order valence-corrected chi connectivity index (χ2v) is 6.19. The van der Waals surface area contributed by atoms with Gasteiger partial charge in [0.2, 0.25) is 0 Å². The maximum absolute atomic E-state index is 12.2. The number of carbonyl (C=O) groups is 1. The van der Waals surface area contributed by atoms with Crippen molar-refractivity contribution in [3.8, 4) is 5.75 Å². The first-order valence-corrected chi connectivity index (χ1v) is 8.43. The average Bonchev–Trinajstić information content (AvgIpc) is 3.16. The number of urea groups is 1. The number of carbonyl (C=O) groups excluding carboxylic acids is 1. The van der Waals surface area contributed by atoms with Crippen LogP contribution in [0.1, 0.15) is 24.2 Å². The molecular formula is C19H20N4O2. The van der Waals surface area contributed by atoms with Crippen molar-refractivity contribution in [1.29, 1.82) is 0 Å². The molecule has 0 fully saturated rings. The van der Waals surface area contributed by atoms with Crippen LogP contribution in [0.25, 0.3) is 5.65 Å². The van der Waals surface area contributed by atoms with E-state index in [0.29, 0.717) is 13.0 Å². The summed E-state index contributed by atoms with van der Waals surface area (Å²) in [6.07, 6.45) is 4.55. The lowest BCUT2D eigenvalue weighted by molar-refractivity contribution is 0.199. The molecule has 1 aliphatic heterocycles. The van der Waals surface area contributed by atoms with E-state index in [9.17, 15) is 4.79 Å². The Hall–Kier alpha value is -3.02. The molecule has 1 aliphatic rings. The van der Waals surface area contributed by atoms with Crippen molar-refractivity contribution < 1.29 is 9.53 Å². The standard InChI is InChI=1S/C19H20N4O2/c1-13-18(15-6-2-3-7-16(15)25-13)22-19(24)20-10-9-14-12-23-11-5-4-8-17(23)21-14/h2-8,11-13,18H,9-10H2,1H3,(H2,20,22,24). The quantitative estimate of drug-likeness (QED) is 0.770. The summed E-state index contributed by atoms with van der Waals surface area (Å²) in [4.78, 5) is 16.7. The monoisotopic (exact) mass is 336 g/mol. The van der Waals surface area contributed by atoms with E-state index in [4.69, 9.17) is 4.74 Å². The van der Waals surface area contributed by atoms with Gasteiger partial charge in [-0.15, -0.1) is 0 Å². The number of rotatable bonds is 4. The zero-order chi connectivity index (χ0) is 17.2. The highest BCUT2D eigenvalue weighted by molar-refractivity contribution is 5.74. The Bertz CT molecular complexity index is 872. The van der Waals surface area contributed by atoms with Crippen molar-refractivity contribution in [2.24, 2.45) is 0 Å². The lowest BCUT2D eigenvalue weighted by Gasteiger charge is -2.17. The van der Waals surface area contributed by atoms with Crippen molar-refractivity contribution in [3.63, 3.8) is 0 Å². The minimum Gasteiger partial charge on any atom is -0.488 e. The number of nitrogens with one attached hydrogen (secondary N) is 2. The molecule has 0 bridgehead atoms. The van der Waals surface area contributed by atoms with Crippen LogP contribution in [0.4, 0.5) is 4.79 Å². The van der Waals surface area contributed by atoms with E-state index < -0.39 is 0 Å². The van der Waals surface area contributed by atoms with Gasteiger partial charge < -0.3 is 19.8 Å². The van der Waals surface area contributed by atoms with Crippen LogP contribution in [0.5, 0.6) is 5.75 Å². The average molecular weight is 336 g/mol. The van der Waals surface area contributed by atoms with Gasteiger partial charge in [0.1, 0.15) is 17.5 Å². The van der Waals surface area contributed by atoms with Crippen LogP contribution in [0.15, 0.2) is 54.9 Å². The number of benzene rings is 1. The number of imidazole rings is 1. The number of hydrogen-bond donors (Lipinski definition) is 2. The van der Waals surface area contributed by atoms with Gasteiger partial charge in [0, 0.05) is 30.9 Å². The molecule has 0 radical (unpaired) electrons. The van der Waals surface area contributed by atoms with E-state index in [-0.39, 0.29) is 18.2 Å². The van der Waals surface area contributed by atoms with Gasteiger partial charge in [0.15, 0.2) is 0 Å². The Morgan fingerprint density at radius 1 is 1.24 bits per heavy atom. The predicted molar refractivity (Wildman–Crippen MR) is 94.7 cm³/mol. The fourth-order valence-electron chi connectivity index (χ4n) is 3.17. The maximum atomic E-state index is 12.2. The Kier molecular flexibility index (Phi) is 4.01. The first kappa shape index (κ1) is 15.5. The van der Waals surface area contributed by atoms with Crippen LogP contribution in [0, 0.1) is 0 Å². The van der Waals surface area contributed by atoms with Gasteiger partial charge in [-0.3, -0.25) is 0 Å². The van der Waals surface area contributed by atoms with Gasteiger partial charge in [0.05, 0.1) is 11.7 Å². The van der Waals surface area contributed by atoms with Crippen molar-refractivity contribution in [1.82, 2.24) is 20.0 Å². The molecule has 6 nitrogen and oxygen atoms in total. The van der Waals surface area contributed by atoms with Crippen molar-refractivity contribution in [3.05, 3.63) is 66.1 Å². The Balaban J connectivity index is 1.32. The first-order valence-electron chi connectivity index (χ1n) is 8.43. The van der Waals surface area contributed by atoms with E-state index in [1.807, 2.05) is 66.2 Å². The van der Waals surface area contributed by atoms with Crippen LogP contribution in [0.3, 0.4) is 0 Å². The fraction of sp³-hybridized carbons (Fsp3) is 0.263. The number of para-hydroxylation sites is 1. The molecule has 0 aliphatic carbocycles. The van der Waals surface area contributed by atoms with E-state index in [0.717, 1.165) is 22.7 Å². The highest BCUT2D eigenvalue weighted by Crippen LogP contribution is 2.35. The molecule has 2 amide bonds. The van der Waals surface area contributed by atoms with Gasteiger partial charge in [-0.25, -0.2) is 9.78 Å². The summed E-state index contributed by atoms with van der Waals surface area (Å²) in [5.74, 6) is 0.838. The fourth-order valence-corrected chi connectivity index (χ4v) is 3.17. The third kappa shape index (κ3) is 3.15. The molecule has 1 aromatic carbocycles. The van der Waals surface area contributed by atoms with Crippen LogP contribution >= 0.6 is 0 Å². The summed E-state index contributed by atoms with van der Waals surface area (Å²) in [7, 11) is 0. The molecule has 2 aromatic heterocycles. The highest BCUT2D eigenvalue weighted by atomic mass is 16.5. The lowest BCUT2D eigenvalue weighted by atomic mass is 10.1. The number of ether oxygens (including phenoxy) is 1. The molecule has 3 aromatic rings. The topological polar surface area (TPSA) is 67.7 Å². The molecule has 2 N–H and O–H groups in total. The Morgan fingerprint density at radius 2 is 2.08 bits per heavy atom. The molecule has 128 valence electrons. The summed E-state index contributed by atoms with van der Waals surface area (Å²) in [5, 5.41) is 5.90. The zero-order valence-corrected chi connectivity index (χ0v) is 14.0. The maximum Gasteiger partial charge on any atom is 0.315 e. The van der Waals surface area contributed by atoms with Crippen LogP contribution in [-0.2, 0) is 6.42 Å². The second kappa shape index (κ2) is 6.47. The first-order chi connectivity index (χ1) is 12.2. The van der Waals surface area contributed by atoms with Gasteiger partial charge in [-0.2, -0.15) is 0 Å². The smallest absolute Gasteiger partial charge is 0.315 e. The van der Waals surface area contributed by atoms with E-state index >= 15 is 0 Å². The Labute approximate surface area is 145 Å². The minimum absolute atomic E-state index is 0.0819. The number of nitrogens with zero attached hydrogens (tertiary/aromatic N) is 2. The highest BCUT2D eigenvalue weighted by Gasteiger charge is 2.31. The predicted octanol–water partition coefficient (Wildman–Crippen LogP) is 2.70. The number of hydrogen-bond acceptors (Lipinski definition) is 3. The number of amides is 2. The van der Waals surface area contributed by atoms with Crippen molar-refractivity contribution in [2.45, 2.75) is 25.5 Å². The van der Waals surface area contributed by atoms with Gasteiger partial charge in [-0.05, 0) is 25.1 Å². The second-order valence-electron chi connectivity index (χ2n) is 6.19. The van der Waals surface area contributed by atoms with Gasteiger partial charge in [0.25, 0.3) is 0 Å². The van der Waals surface area contributed by atoms with E-state index in [2.05, 4.69) is 15.6 Å². The molecule has 3 heterocycles. The molecule has 25 heavy (non-hydrogen) atoms. The van der Waals surface area contributed by atoms with Crippen molar-refractivity contribution >= 4 is 11.7 Å². The summed E-state index contributed by atoms with van der Waals surface area (Å²) in [6, 6.07) is 13.4. The molecule has 2 unspecified atom stereocenters. The summed E-state index contributed by atoms with van der Waals surface area (Å²) in [5.41, 5.74) is 2.88. The van der Waals surface area contributed by atoms with Crippen molar-refractivity contribution in [2.75, 3.05) is 6.54 Å². The van der Waals surface area contributed by atoms with Crippen LogP contribution < -0.4 is 15.4 Å². The Morgan fingerprint density at radius 3 is 2.96 bits per heavy atom. The van der Waals surface area contributed by atoms with Crippen LogP contribution in [-0.4, -0.2) is 28.1 Å². The zero-order valence-electron chi connectivity index (χ0n) is 14.0. The summed E-state index contributed by atoms with van der Waals surface area (Å²) >= 11 is 0. The number of fused-ring (bicyclic) bond motifs is 2.